The average Bonchev–Trinajstić information content (AvgIpc) is 3.37. The van der Waals surface area contributed by atoms with Crippen LogP contribution in [-0.4, -0.2) is 40.5 Å². The average molecular weight is 357 g/mol. The van der Waals surface area contributed by atoms with E-state index in [4.69, 9.17) is 8.94 Å². The van der Waals surface area contributed by atoms with Crippen molar-refractivity contribution in [2.24, 2.45) is 5.92 Å². The number of aromatic nitrogens is 1. The van der Waals surface area contributed by atoms with Crippen molar-refractivity contribution in [3.05, 3.63) is 41.2 Å². The van der Waals surface area contributed by atoms with Gasteiger partial charge in [0, 0.05) is 18.0 Å². The number of piperidine rings is 1. The Hall–Kier alpha value is -2.08. The fraction of sp³-hybridized carbons (Fsp3) is 0.600. The van der Waals surface area contributed by atoms with Crippen LogP contribution < -0.4 is 0 Å². The van der Waals surface area contributed by atoms with Gasteiger partial charge in [0.2, 0.25) is 5.91 Å². The van der Waals surface area contributed by atoms with Crippen LogP contribution in [0.2, 0.25) is 0 Å². The topological polar surface area (TPSA) is 62.7 Å². The van der Waals surface area contributed by atoms with Crippen molar-refractivity contribution in [1.82, 2.24) is 15.0 Å². The van der Waals surface area contributed by atoms with Crippen molar-refractivity contribution < 1.29 is 13.7 Å². The number of likely N-dealkylation sites (tertiary alicyclic amines) is 2. The minimum Gasteiger partial charge on any atom is -0.468 e. The maximum Gasteiger partial charge on any atom is 0.226 e. The summed E-state index contributed by atoms with van der Waals surface area (Å²) in [7, 11) is 0. The molecule has 0 spiro atoms. The first-order valence-corrected chi connectivity index (χ1v) is 9.61. The van der Waals surface area contributed by atoms with Crippen molar-refractivity contribution >= 4 is 5.91 Å². The SMILES string of the molecule is Cc1noc(C)c1[C@H]1CCCN1C(=O)C1CCN(Cc2ccco2)CC1. The molecule has 0 unspecified atom stereocenters. The molecule has 140 valence electrons. The van der Waals surface area contributed by atoms with E-state index in [9.17, 15) is 4.79 Å². The van der Waals surface area contributed by atoms with Crippen molar-refractivity contribution in [3.63, 3.8) is 0 Å². The number of furan rings is 1. The largest absolute Gasteiger partial charge is 0.468 e. The quantitative estimate of drug-likeness (QED) is 0.838. The van der Waals surface area contributed by atoms with Crippen LogP contribution in [0.25, 0.3) is 0 Å². The Morgan fingerprint density at radius 1 is 1.23 bits per heavy atom. The fourth-order valence-corrected chi connectivity index (χ4v) is 4.49. The number of carbonyl (C=O) groups is 1. The van der Waals surface area contributed by atoms with E-state index in [0.29, 0.717) is 5.91 Å². The van der Waals surface area contributed by atoms with Gasteiger partial charge >= 0.3 is 0 Å². The van der Waals surface area contributed by atoms with Crippen LogP contribution in [0.1, 0.15) is 54.5 Å². The summed E-state index contributed by atoms with van der Waals surface area (Å²) in [5, 5.41) is 4.08. The van der Waals surface area contributed by atoms with E-state index in [1.165, 1.54) is 0 Å². The van der Waals surface area contributed by atoms with Gasteiger partial charge in [-0.05, 0) is 64.8 Å². The molecule has 2 fully saturated rings. The molecule has 0 radical (unpaired) electrons. The lowest BCUT2D eigenvalue weighted by Gasteiger charge is -2.34. The Bertz CT molecular complexity index is 725. The molecular weight excluding hydrogens is 330 g/mol. The number of hydrogen-bond acceptors (Lipinski definition) is 5. The van der Waals surface area contributed by atoms with Gasteiger partial charge in [0.25, 0.3) is 0 Å². The number of rotatable bonds is 4. The van der Waals surface area contributed by atoms with Gasteiger partial charge < -0.3 is 13.8 Å². The van der Waals surface area contributed by atoms with E-state index in [0.717, 1.165) is 74.6 Å². The van der Waals surface area contributed by atoms with Crippen LogP contribution >= 0.6 is 0 Å². The highest BCUT2D eigenvalue weighted by atomic mass is 16.5. The minimum absolute atomic E-state index is 0.129. The second-order valence-corrected chi connectivity index (χ2v) is 7.56. The Kier molecular flexibility index (Phi) is 4.85. The molecule has 0 N–H and O–H groups in total. The van der Waals surface area contributed by atoms with Crippen LogP contribution in [0.3, 0.4) is 0 Å². The normalized spacial score (nSPS) is 22.2. The molecular formula is C20H27N3O3. The molecule has 2 aromatic rings. The molecule has 4 rings (SSSR count). The Morgan fingerprint density at radius 3 is 2.69 bits per heavy atom. The van der Waals surface area contributed by atoms with Gasteiger partial charge in [-0.3, -0.25) is 9.69 Å². The third-order valence-corrected chi connectivity index (χ3v) is 5.85. The molecule has 1 atom stereocenters. The lowest BCUT2D eigenvalue weighted by atomic mass is 9.94. The molecule has 0 aromatic carbocycles. The van der Waals surface area contributed by atoms with Gasteiger partial charge in [-0.1, -0.05) is 5.16 Å². The van der Waals surface area contributed by atoms with Crippen LogP contribution in [-0.2, 0) is 11.3 Å². The maximum atomic E-state index is 13.2. The summed E-state index contributed by atoms with van der Waals surface area (Å²) < 4.78 is 10.8. The zero-order chi connectivity index (χ0) is 18.1. The molecule has 2 saturated heterocycles. The van der Waals surface area contributed by atoms with Crippen molar-refractivity contribution in [2.45, 2.75) is 52.1 Å². The third kappa shape index (κ3) is 3.30. The second-order valence-electron chi connectivity index (χ2n) is 7.56. The number of aryl methyl sites for hydroxylation is 2. The fourth-order valence-electron chi connectivity index (χ4n) is 4.49. The summed E-state index contributed by atoms with van der Waals surface area (Å²) >= 11 is 0. The number of amides is 1. The highest BCUT2D eigenvalue weighted by Crippen LogP contribution is 2.37. The monoisotopic (exact) mass is 357 g/mol. The lowest BCUT2D eigenvalue weighted by Crippen LogP contribution is -2.42. The number of carbonyl (C=O) groups excluding carboxylic acids is 1. The molecule has 1 amide bonds. The smallest absolute Gasteiger partial charge is 0.226 e. The highest BCUT2D eigenvalue weighted by Gasteiger charge is 2.37. The minimum atomic E-state index is 0.129. The molecule has 2 aliphatic heterocycles. The van der Waals surface area contributed by atoms with Crippen LogP contribution in [0.4, 0.5) is 0 Å². The third-order valence-electron chi connectivity index (χ3n) is 5.85. The van der Waals surface area contributed by atoms with Crippen molar-refractivity contribution in [1.29, 1.82) is 0 Å². The van der Waals surface area contributed by atoms with Gasteiger partial charge in [0.15, 0.2) is 0 Å². The molecule has 6 nitrogen and oxygen atoms in total. The van der Waals surface area contributed by atoms with E-state index in [1.807, 2.05) is 26.0 Å². The lowest BCUT2D eigenvalue weighted by molar-refractivity contribution is -0.138. The van der Waals surface area contributed by atoms with E-state index in [-0.39, 0.29) is 12.0 Å². The summed E-state index contributed by atoms with van der Waals surface area (Å²) in [6.07, 6.45) is 5.62. The first-order chi connectivity index (χ1) is 12.6. The Morgan fingerprint density at radius 2 is 2.04 bits per heavy atom. The Labute approximate surface area is 154 Å². The van der Waals surface area contributed by atoms with Gasteiger partial charge in [0.05, 0.1) is 24.5 Å². The zero-order valence-corrected chi connectivity index (χ0v) is 15.6. The Balaban J connectivity index is 1.38. The van der Waals surface area contributed by atoms with Crippen LogP contribution in [0.5, 0.6) is 0 Å². The van der Waals surface area contributed by atoms with E-state index >= 15 is 0 Å². The molecule has 4 heterocycles. The summed E-state index contributed by atoms with van der Waals surface area (Å²) in [5.41, 5.74) is 2.03. The molecule has 2 aliphatic rings. The standard InChI is InChI=1S/C20H27N3O3/c1-14-19(15(2)26-21-14)18-6-3-9-23(18)20(24)16-7-10-22(11-8-16)13-17-5-4-12-25-17/h4-5,12,16,18H,3,6-11,13H2,1-2H3/t18-/m1/s1. The summed E-state index contributed by atoms with van der Waals surface area (Å²) in [6, 6.07) is 4.07. The number of nitrogens with zero attached hydrogens (tertiary/aromatic N) is 3. The number of hydrogen-bond donors (Lipinski definition) is 0. The summed E-state index contributed by atoms with van der Waals surface area (Å²) in [5.74, 6) is 2.28. The first kappa shape index (κ1) is 17.3. The van der Waals surface area contributed by atoms with Gasteiger partial charge in [0.1, 0.15) is 11.5 Å². The maximum absolute atomic E-state index is 13.2. The van der Waals surface area contributed by atoms with E-state index in [2.05, 4.69) is 15.0 Å². The van der Waals surface area contributed by atoms with E-state index in [1.54, 1.807) is 6.26 Å². The van der Waals surface area contributed by atoms with E-state index < -0.39 is 0 Å². The molecule has 26 heavy (non-hydrogen) atoms. The molecule has 0 bridgehead atoms. The van der Waals surface area contributed by atoms with Gasteiger partial charge in [-0.25, -0.2) is 0 Å². The highest BCUT2D eigenvalue weighted by molar-refractivity contribution is 5.80. The molecule has 0 aliphatic carbocycles. The summed E-state index contributed by atoms with van der Waals surface area (Å²) in [4.78, 5) is 17.6. The van der Waals surface area contributed by atoms with Crippen LogP contribution in [0.15, 0.2) is 27.3 Å². The first-order valence-electron chi connectivity index (χ1n) is 9.61. The van der Waals surface area contributed by atoms with Gasteiger partial charge in [-0.2, -0.15) is 0 Å². The zero-order valence-electron chi connectivity index (χ0n) is 15.6. The molecule has 2 aromatic heterocycles. The summed E-state index contributed by atoms with van der Waals surface area (Å²) in [6.45, 7) is 7.49. The predicted octanol–water partition coefficient (Wildman–Crippen LogP) is 3.46. The van der Waals surface area contributed by atoms with Crippen molar-refractivity contribution in [2.75, 3.05) is 19.6 Å². The second kappa shape index (κ2) is 7.27. The van der Waals surface area contributed by atoms with Crippen LogP contribution in [0, 0.1) is 19.8 Å². The molecule has 6 heteroatoms. The van der Waals surface area contributed by atoms with Crippen molar-refractivity contribution in [3.8, 4) is 0 Å². The molecule has 0 saturated carbocycles. The predicted molar refractivity (Wildman–Crippen MR) is 96.4 cm³/mol. The van der Waals surface area contributed by atoms with Gasteiger partial charge in [-0.15, -0.1) is 0 Å².